The zero-order chi connectivity index (χ0) is 19.2. The molecule has 140 valence electrons. The number of benzene rings is 1. The molecule has 8 heteroatoms. The van der Waals surface area contributed by atoms with E-state index in [0.717, 1.165) is 7.49 Å². The molecule has 0 aliphatic rings. The van der Waals surface area contributed by atoms with Gasteiger partial charge in [-0.2, -0.15) is 0 Å². The van der Waals surface area contributed by atoms with Crippen molar-refractivity contribution in [3.05, 3.63) is 41.7 Å². The molecule has 0 saturated carbocycles. The van der Waals surface area contributed by atoms with E-state index in [2.05, 4.69) is 57.3 Å². The van der Waals surface area contributed by atoms with Crippen LogP contribution in [0.3, 0.4) is 0 Å². The standard InChI is InChI=1S/C15H19NO5.C2H4I2/c1-11(19-3)16-21-9-12-7-5-6-8-13(12)14(10-18-2)15(17)20-4;1-2(3)4/h5-8,10H,9H2,1-4H3;2H,1H3/b14-10+,16-11+;. The van der Waals surface area contributed by atoms with Gasteiger partial charge >= 0.3 is 5.97 Å². The summed E-state index contributed by atoms with van der Waals surface area (Å²) in [7, 11) is 4.29. The zero-order valence-electron chi connectivity index (χ0n) is 14.9. The highest BCUT2D eigenvalue weighted by Gasteiger charge is 2.16. The molecule has 0 saturated heterocycles. The third kappa shape index (κ3) is 10.5. The van der Waals surface area contributed by atoms with Crippen molar-refractivity contribution in [2.75, 3.05) is 21.3 Å². The number of esters is 1. The Balaban J connectivity index is 0.00000129. The number of oxime groups is 1. The molecule has 1 aromatic carbocycles. The van der Waals surface area contributed by atoms with E-state index in [0.29, 0.717) is 17.0 Å². The van der Waals surface area contributed by atoms with Crippen molar-refractivity contribution in [2.24, 2.45) is 5.16 Å². The van der Waals surface area contributed by atoms with Gasteiger partial charge in [0.2, 0.25) is 5.90 Å². The van der Waals surface area contributed by atoms with Gasteiger partial charge in [0.25, 0.3) is 0 Å². The van der Waals surface area contributed by atoms with Gasteiger partial charge in [-0.05, 0) is 12.5 Å². The molecule has 0 aliphatic carbocycles. The Morgan fingerprint density at radius 1 is 1.20 bits per heavy atom. The first-order chi connectivity index (χ1) is 11.9. The number of ether oxygens (including phenoxy) is 3. The van der Waals surface area contributed by atoms with E-state index >= 15 is 0 Å². The molecule has 0 amide bonds. The summed E-state index contributed by atoms with van der Waals surface area (Å²) in [5.74, 6) is -0.0750. The van der Waals surface area contributed by atoms with Gasteiger partial charge in [-0.25, -0.2) is 4.79 Å². The Hall–Kier alpha value is -1.04. The SMILES string of the molecule is CC(I)I.CO/C=C(/C(=O)OC)c1ccccc1CO/N=C(\C)OC. The molecular weight excluding hydrogens is 552 g/mol. The molecule has 0 aliphatic heterocycles. The summed E-state index contributed by atoms with van der Waals surface area (Å²) in [6.07, 6.45) is 1.34. The van der Waals surface area contributed by atoms with Gasteiger partial charge in [-0.3, -0.25) is 0 Å². The molecular formula is C17H23I2NO5. The number of halogens is 2. The van der Waals surface area contributed by atoms with Crippen molar-refractivity contribution in [3.8, 4) is 0 Å². The summed E-state index contributed by atoms with van der Waals surface area (Å²) >= 11 is 4.66. The van der Waals surface area contributed by atoms with Crippen molar-refractivity contribution in [3.63, 3.8) is 0 Å². The fourth-order valence-electron chi connectivity index (χ4n) is 1.59. The molecule has 6 nitrogen and oxygen atoms in total. The lowest BCUT2D eigenvalue weighted by Gasteiger charge is -2.10. The van der Waals surface area contributed by atoms with E-state index in [1.807, 2.05) is 18.2 Å². The van der Waals surface area contributed by atoms with Crippen LogP contribution in [0, 0.1) is 0 Å². The molecule has 1 aromatic rings. The maximum absolute atomic E-state index is 11.8. The first kappa shape index (κ1) is 24.0. The van der Waals surface area contributed by atoms with E-state index < -0.39 is 5.97 Å². The molecule has 0 heterocycles. The number of alkyl halides is 2. The number of hydrogen-bond acceptors (Lipinski definition) is 6. The van der Waals surface area contributed by atoms with Crippen molar-refractivity contribution in [1.82, 2.24) is 0 Å². The summed E-state index contributed by atoms with van der Waals surface area (Å²) < 4.78 is 15.4. The van der Waals surface area contributed by atoms with E-state index in [-0.39, 0.29) is 6.61 Å². The monoisotopic (exact) mass is 575 g/mol. The van der Waals surface area contributed by atoms with Gasteiger partial charge in [-0.15, -0.1) is 0 Å². The zero-order valence-corrected chi connectivity index (χ0v) is 19.2. The lowest BCUT2D eigenvalue weighted by Crippen LogP contribution is -2.07. The molecule has 0 radical (unpaired) electrons. The number of hydrogen-bond donors (Lipinski definition) is 0. The predicted octanol–water partition coefficient (Wildman–Crippen LogP) is 4.55. The quantitative estimate of drug-likeness (QED) is 0.0729. The number of nitrogens with zero attached hydrogens (tertiary/aromatic N) is 1. The minimum absolute atomic E-state index is 0.189. The Labute approximate surface area is 176 Å². The summed E-state index contributed by atoms with van der Waals surface area (Å²) in [6, 6.07) is 7.28. The number of methoxy groups -OCH3 is 3. The molecule has 0 bridgehead atoms. The number of carbonyl (C=O) groups is 1. The van der Waals surface area contributed by atoms with Crippen LogP contribution in [0.1, 0.15) is 25.0 Å². The molecule has 0 N–H and O–H groups in total. The van der Waals surface area contributed by atoms with E-state index in [4.69, 9.17) is 19.0 Å². The first-order valence-electron chi connectivity index (χ1n) is 7.25. The average molecular weight is 575 g/mol. The second-order valence-electron chi connectivity index (χ2n) is 4.52. The maximum Gasteiger partial charge on any atom is 0.341 e. The summed E-state index contributed by atoms with van der Waals surface area (Å²) in [5.41, 5.74) is 1.75. The smallest absolute Gasteiger partial charge is 0.341 e. The number of rotatable bonds is 6. The molecule has 0 atom stereocenters. The Kier molecular flexibility index (Phi) is 13.6. The number of carbonyl (C=O) groups excluding carboxylic acids is 1. The van der Waals surface area contributed by atoms with E-state index in [1.165, 1.54) is 27.6 Å². The van der Waals surface area contributed by atoms with Crippen LogP contribution in [0.5, 0.6) is 0 Å². The van der Waals surface area contributed by atoms with Crippen molar-refractivity contribution < 1.29 is 23.8 Å². The van der Waals surface area contributed by atoms with Gasteiger partial charge in [-0.1, -0.05) is 74.6 Å². The van der Waals surface area contributed by atoms with Gasteiger partial charge in [0.05, 0.1) is 29.5 Å². The van der Waals surface area contributed by atoms with Crippen LogP contribution in [0.25, 0.3) is 5.57 Å². The van der Waals surface area contributed by atoms with Crippen LogP contribution in [-0.4, -0.2) is 35.1 Å². The van der Waals surface area contributed by atoms with E-state index in [9.17, 15) is 4.79 Å². The van der Waals surface area contributed by atoms with E-state index in [1.54, 1.807) is 13.0 Å². The van der Waals surface area contributed by atoms with Crippen LogP contribution in [0.4, 0.5) is 0 Å². The van der Waals surface area contributed by atoms with Crippen molar-refractivity contribution >= 4 is 62.6 Å². The topological polar surface area (TPSA) is 66.4 Å². The van der Waals surface area contributed by atoms with Crippen LogP contribution < -0.4 is 0 Å². The molecule has 0 spiro atoms. The molecule has 0 aromatic heterocycles. The summed E-state index contributed by atoms with van der Waals surface area (Å²) in [6.45, 7) is 4.01. The second-order valence-corrected chi connectivity index (χ2v) is 10.6. The van der Waals surface area contributed by atoms with Gasteiger partial charge in [0.1, 0.15) is 12.2 Å². The lowest BCUT2D eigenvalue weighted by molar-refractivity contribution is -0.133. The average Bonchev–Trinajstić information content (AvgIpc) is 2.59. The fraction of sp³-hybridized carbons (Fsp3) is 0.412. The Bertz CT molecular complexity index is 585. The van der Waals surface area contributed by atoms with Crippen LogP contribution in [-0.2, 0) is 30.4 Å². The van der Waals surface area contributed by atoms with Crippen molar-refractivity contribution in [2.45, 2.75) is 22.4 Å². The Morgan fingerprint density at radius 2 is 1.80 bits per heavy atom. The van der Waals surface area contributed by atoms with Crippen molar-refractivity contribution in [1.29, 1.82) is 0 Å². The third-order valence-electron chi connectivity index (χ3n) is 2.66. The molecule has 0 unspecified atom stereocenters. The highest BCUT2D eigenvalue weighted by atomic mass is 127. The molecule has 25 heavy (non-hydrogen) atoms. The predicted molar refractivity (Wildman–Crippen MR) is 116 cm³/mol. The summed E-state index contributed by atoms with van der Waals surface area (Å²) in [4.78, 5) is 17.0. The highest BCUT2D eigenvalue weighted by molar-refractivity contribution is 14.2. The normalized spacial score (nSPS) is 11.4. The first-order valence-corrected chi connectivity index (χ1v) is 9.74. The van der Waals surface area contributed by atoms with Crippen LogP contribution >= 0.6 is 45.2 Å². The van der Waals surface area contributed by atoms with Crippen LogP contribution in [0.15, 0.2) is 35.7 Å². The maximum atomic E-state index is 11.8. The van der Waals surface area contributed by atoms with Crippen LogP contribution in [0.2, 0.25) is 0 Å². The third-order valence-corrected chi connectivity index (χ3v) is 2.66. The van der Waals surface area contributed by atoms with Gasteiger partial charge < -0.3 is 19.0 Å². The highest BCUT2D eigenvalue weighted by Crippen LogP contribution is 2.21. The van der Waals surface area contributed by atoms with Gasteiger partial charge in [0.15, 0.2) is 0 Å². The Morgan fingerprint density at radius 3 is 2.32 bits per heavy atom. The second kappa shape index (κ2) is 14.2. The van der Waals surface area contributed by atoms with Gasteiger partial charge in [0, 0.05) is 12.5 Å². The molecule has 0 fully saturated rings. The molecule has 1 rings (SSSR count). The fourth-order valence-corrected chi connectivity index (χ4v) is 1.59. The summed E-state index contributed by atoms with van der Waals surface area (Å²) in [5, 5.41) is 3.78. The minimum atomic E-state index is -0.485. The minimum Gasteiger partial charge on any atom is -0.503 e. The lowest BCUT2D eigenvalue weighted by atomic mass is 10.0. The largest absolute Gasteiger partial charge is 0.503 e.